The average molecular weight is 413 g/mol. The number of aliphatic hydroxyl groups excluding tert-OH is 1. The van der Waals surface area contributed by atoms with Gasteiger partial charge < -0.3 is 14.6 Å². The third kappa shape index (κ3) is 5.85. The van der Waals surface area contributed by atoms with Gasteiger partial charge in [-0.2, -0.15) is 10.4 Å². The molecule has 2 N–H and O–H groups in total. The fourth-order valence-electron chi connectivity index (χ4n) is 2.73. The van der Waals surface area contributed by atoms with Crippen LogP contribution in [0.25, 0.3) is 17.2 Å². The molecule has 7 heteroatoms. The van der Waals surface area contributed by atoms with E-state index in [9.17, 15) is 4.79 Å². The highest BCUT2D eigenvalue weighted by molar-refractivity contribution is 5.94. The molecular weight excluding hydrogens is 394 g/mol. The van der Waals surface area contributed by atoms with Crippen molar-refractivity contribution in [3.8, 4) is 28.7 Å². The van der Waals surface area contributed by atoms with Gasteiger partial charge in [0.25, 0.3) is 0 Å². The summed E-state index contributed by atoms with van der Waals surface area (Å²) in [6.45, 7) is 0.210. The lowest BCUT2D eigenvalue weighted by atomic mass is 10.0. The molecule has 0 bridgehead atoms. The summed E-state index contributed by atoms with van der Waals surface area (Å²) in [5, 5.41) is 20.9. The molecule has 0 spiro atoms. The molecule has 0 aromatic heterocycles. The summed E-state index contributed by atoms with van der Waals surface area (Å²) in [7, 11) is 0. The number of esters is 1. The number of carbonyl (C=O) groups excluding carboxylic acids is 1. The van der Waals surface area contributed by atoms with Crippen molar-refractivity contribution in [2.75, 3.05) is 13.2 Å². The highest BCUT2D eigenvalue weighted by atomic mass is 16.5. The number of hydrogen-bond donors (Lipinski definition) is 2. The van der Waals surface area contributed by atoms with Crippen LogP contribution in [0, 0.1) is 16.9 Å². The fourth-order valence-corrected chi connectivity index (χ4v) is 2.73. The number of aliphatic hydroxyl groups is 1. The van der Waals surface area contributed by atoms with E-state index < -0.39 is 5.97 Å². The SMILES string of the molecule is N#Cc1ccc(OC(=O)C(=Cc2ccc(-c3ccc(OCCO)cc3)cc2)N=N)cc1. The predicted octanol–water partition coefficient (Wildman–Crippen LogP) is 4.57. The van der Waals surface area contributed by atoms with Gasteiger partial charge in [0.2, 0.25) is 0 Å². The van der Waals surface area contributed by atoms with E-state index in [4.69, 9.17) is 25.4 Å². The van der Waals surface area contributed by atoms with Gasteiger partial charge in [0.1, 0.15) is 18.1 Å². The third-order valence-electron chi connectivity index (χ3n) is 4.29. The zero-order chi connectivity index (χ0) is 22.1. The van der Waals surface area contributed by atoms with Crippen molar-refractivity contribution < 1.29 is 19.4 Å². The minimum absolute atomic E-state index is 0.0374. The molecular formula is C24H19N3O4. The van der Waals surface area contributed by atoms with Crippen LogP contribution < -0.4 is 9.47 Å². The third-order valence-corrected chi connectivity index (χ3v) is 4.29. The Kier molecular flexibility index (Phi) is 7.25. The molecule has 0 unspecified atom stereocenters. The van der Waals surface area contributed by atoms with E-state index in [1.807, 2.05) is 54.6 Å². The Labute approximate surface area is 179 Å². The van der Waals surface area contributed by atoms with E-state index in [1.165, 1.54) is 30.3 Å². The molecule has 154 valence electrons. The van der Waals surface area contributed by atoms with E-state index in [0.29, 0.717) is 16.9 Å². The van der Waals surface area contributed by atoms with E-state index in [-0.39, 0.29) is 24.7 Å². The van der Waals surface area contributed by atoms with Crippen molar-refractivity contribution in [3.05, 3.63) is 89.6 Å². The Hall–Kier alpha value is -4.28. The number of ether oxygens (including phenoxy) is 2. The second-order valence-corrected chi connectivity index (χ2v) is 6.39. The van der Waals surface area contributed by atoms with Gasteiger partial charge in [-0.25, -0.2) is 10.3 Å². The van der Waals surface area contributed by atoms with Crippen LogP contribution in [0.1, 0.15) is 11.1 Å². The molecule has 0 fully saturated rings. The Morgan fingerprint density at radius 2 is 1.55 bits per heavy atom. The van der Waals surface area contributed by atoms with Crippen molar-refractivity contribution in [2.45, 2.75) is 0 Å². The summed E-state index contributed by atoms with van der Waals surface area (Å²) in [6, 6.07) is 23.0. The molecule has 3 rings (SSSR count). The maximum Gasteiger partial charge on any atom is 0.364 e. The number of rotatable bonds is 8. The number of nitrogens with zero attached hydrogens (tertiary/aromatic N) is 2. The first-order chi connectivity index (χ1) is 15.1. The number of carbonyl (C=O) groups is 1. The summed E-state index contributed by atoms with van der Waals surface area (Å²) < 4.78 is 10.6. The van der Waals surface area contributed by atoms with Crippen molar-refractivity contribution in [1.82, 2.24) is 0 Å². The predicted molar refractivity (Wildman–Crippen MR) is 114 cm³/mol. The molecule has 0 aliphatic rings. The first kappa shape index (κ1) is 21.4. The highest BCUT2D eigenvalue weighted by Gasteiger charge is 2.12. The number of nitriles is 1. The van der Waals surface area contributed by atoms with Crippen LogP contribution in [0.2, 0.25) is 0 Å². The van der Waals surface area contributed by atoms with Crippen LogP contribution in [0.15, 0.2) is 83.6 Å². The summed E-state index contributed by atoms with van der Waals surface area (Å²) in [4.78, 5) is 12.3. The van der Waals surface area contributed by atoms with Crippen molar-refractivity contribution in [1.29, 1.82) is 10.8 Å². The molecule has 0 aliphatic heterocycles. The van der Waals surface area contributed by atoms with Gasteiger partial charge in [-0.15, -0.1) is 0 Å². The molecule has 3 aromatic carbocycles. The molecule has 0 heterocycles. The summed E-state index contributed by atoms with van der Waals surface area (Å²) in [5.41, 5.74) is 10.2. The molecule has 0 saturated heterocycles. The lowest BCUT2D eigenvalue weighted by molar-refractivity contribution is -0.130. The first-order valence-electron chi connectivity index (χ1n) is 9.38. The molecule has 0 saturated carbocycles. The van der Waals surface area contributed by atoms with Crippen molar-refractivity contribution in [3.63, 3.8) is 0 Å². The van der Waals surface area contributed by atoms with E-state index in [2.05, 4.69) is 5.11 Å². The summed E-state index contributed by atoms with van der Waals surface area (Å²) in [5.74, 6) is 0.183. The molecule has 7 nitrogen and oxygen atoms in total. The number of hydrogen-bond acceptors (Lipinski definition) is 7. The standard InChI is InChI=1S/C24H19N3O4/c25-16-18-3-9-22(10-4-18)31-24(29)23(27-26)15-17-1-5-19(6-2-17)20-7-11-21(12-8-20)30-14-13-28/h1-12,15,26,28H,13-14H2. The Balaban J connectivity index is 1.70. The molecule has 31 heavy (non-hydrogen) atoms. The van der Waals surface area contributed by atoms with E-state index >= 15 is 0 Å². The molecule has 3 aromatic rings. The van der Waals surface area contributed by atoms with Gasteiger partial charge in [-0.05, 0) is 59.2 Å². The van der Waals surface area contributed by atoms with Gasteiger partial charge in [-0.1, -0.05) is 36.4 Å². The average Bonchev–Trinajstić information content (AvgIpc) is 2.82. The summed E-state index contributed by atoms with van der Waals surface area (Å²) >= 11 is 0. The molecule has 0 atom stereocenters. The second-order valence-electron chi connectivity index (χ2n) is 6.39. The number of benzene rings is 3. The normalized spacial score (nSPS) is 10.8. The van der Waals surface area contributed by atoms with Gasteiger partial charge in [0, 0.05) is 0 Å². The van der Waals surface area contributed by atoms with Gasteiger partial charge >= 0.3 is 5.97 Å². The zero-order valence-electron chi connectivity index (χ0n) is 16.5. The topological polar surface area (TPSA) is 116 Å². The van der Waals surface area contributed by atoms with Crippen LogP contribution in [-0.4, -0.2) is 24.3 Å². The van der Waals surface area contributed by atoms with E-state index in [0.717, 1.165) is 11.1 Å². The molecule has 0 aliphatic carbocycles. The Morgan fingerprint density at radius 1 is 0.968 bits per heavy atom. The first-order valence-corrected chi connectivity index (χ1v) is 9.38. The lowest BCUT2D eigenvalue weighted by Gasteiger charge is -2.07. The van der Waals surface area contributed by atoms with E-state index in [1.54, 1.807) is 0 Å². The maximum absolute atomic E-state index is 12.3. The number of nitrogens with one attached hydrogen (secondary N) is 1. The molecule has 0 radical (unpaired) electrons. The van der Waals surface area contributed by atoms with Crippen molar-refractivity contribution in [2.24, 2.45) is 5.11 Å². The van der Waals surface area contributed by atoms with Crippen LogP contribution in [0.3, 0.4) is 0 Å². The Bertz CT molecular complexity index is 1110. The lowest BCUT2D eigenvalue weighted by Crippen LogP contribution is -2.09. The molecule has 0 amide bonds. The van der Waals surface area contributed by atoms with Gasteiger partial charge in [0.05, 0.1) is 18.2 Å². The summed E-state index contributed by atoms with van der Waals surface area (Å²) in [6.07, 6.45) is 1.47. The Morgan fingerprint density at radius 3 is 2.10 bits per heavy atom. The van der Waals surface area contributed by atoms with Crippen LogP contribution in [0.5, 0.6) is 11.5 Å². The van der Waals surface area contributed by atoms with Crippen LogP contribution in [-0.2, 0) is 4.79 Å². The smallest absolute Gasteiger partial charge is 0.364 e. The van der Waals surface area contributed by atoms with Crippen LogP contribution >= 0.6 is 0 Å². The highest BCUT2D eigenvalue weighted by Crippen LogP contribution is 2.24. The van der Waals surface area contributed by atoms with Gasteiger partial charge in [0.15, 0.2) is 5.70 Å². The van der Waals surface area contributed by atoms with Crippen molar-refractivity contribution >= 4 is 12.0 Å². The minimum Gasteiger partial charge on any atom is -0.491 e. The van der Waals surface area contributed by atoms with Crippen LogP contribution in [0.4, 0.5) is 0 Å². The van der Waals surface area contributed by atoms with Gasteiger partial charge in [-0.3, -0.25) is 0 Å². The monoisotopic (exact) mass is 413 g/mol. The maximum atomic E-state index is 12.3. The quantitative estimate of drug-likeness (QED) is 0.243. The zero-order valence-corrected chi connectivity index (χ0v) is 16.5. The minimum atomic E-state index is -0.762. The fraction of sp³-hybridized carbons (Fsp3) is 0.0833. The second kappa shape index (κ2) is 10.5. The largest absolute Gasteiger partial charge is 0.491 e.